The second kappa shape index (κ2) is 6.29. The third kappa shape index (κ3) is 2.83. The van der Waals surface area contributed by atoms with Gasteiger partial charge in [0, 0.05) is 24.2 Å². The number of halogens is 1. The third-order valence-corrected chi connectivity index (χ3v) is 7.44. The summed E-state index contributed by atoms with van der Waals surface area (Å²) in [6.07, 6.45) is 1.75. The summed E-state index contributed by atoms with van der Waals surface area (Å²) in [6.45, 7) is 1.19. The minimum absolute atomic E-state index is 0.149. The molecule has 3 rings (SSSR count). The van der Waals surface area contributed by atoms with Gasteiger partial charge in [0.2, 0.25) is 10.0 Å². The van der Waals surface area contributed by atoms with Gasteiger partial charge < -0.3 is 10.0 Å². The standard InChI is InChI=1S/C16H21ClN2O4S/c1-18-8-3-6-16(15(20)21)7-9-19(11-14(16)18)24(22,23)13-5-2-4-12(17)10-13/h2,4-5,10,14H,3,6-9,11H2,1H3,(H,20,21)/t14-,16+/m1/s1. The molecule has 1 aromatic carbocycles. The number of likely N-dealkylation sites (tertiary alicyclic amines) is 1. The molecule has 0 radical (unpaired) electrons. The van der Waals surface area contributed by atoms with E-state index in [2.05, 4.69) is 0 Å². The van der Waals surface area contributed by atoms with E-state index in [0.717, 1.165) is 13.0 Å². The fourth-order valence-corrected chi connectivity index (χ4v) is 5.70. The van der Waals surface area contributed by atoms with E-state index >= 15 is 0 Å². The first-order chi connectivity index (χ1) is 11.3. The topological polar surface area (TPSA) is 77.9 Å². The van der Waals surface area contributed by atoms with Gasteiger partial charge in [0.25, 0.3) is 0 Å². The van der Waals surface area contributed by atoms with Gasteiger partial charge in [-0.1, -0.05) is 17.7 Å². The predicted molar refractivity (Wildman–Crippen MR) is 90.5 cm³/mol. The average molecular weight is 373 g/mol. The maximum absolute atomic E-state index is 12.9. The van der Waals surface area contributed by atoms with Crippen molar-refractivity contribution >= 4 is 27.6 Å². The highest BCUT2D eigenvalue weighted by atomic mass is 35.5. The molecule has 0 saturated carbocycles. The van der Waals surface area contributed by atoms with E-state index in [1.807, 2.05) is 11.9 Å². The minimum atomic E-state index is -3.68. The van der Waals surface area contributed by atoms with Crippen molar-refractivity contribution in [1.29, 1.82) is 0 Å². The zero-order chi connectivity index (χ0) is 17.5. The van der Waals surface area contributed by atoms with Gasteiger partial charge in [-0.2, -0.15) is 4.31 Å². The number of rotatable bonds is 3. The molecule has 0 aliphatic carbocycles. The molecule has 2 atom stereocenters. The normalized spacial score (nSPS) is 29.2. The van der Waals surface area contributed by atoms with E-state index in [9.17, 15) is 18.3 Å². The number of benzene rings is 1. The second-order valence-electron chi connectivity index (χ2n) is 6.63. The molecular weight excluding hydrogens is 352 g/mol. The van der Waals surface area contributed by atoms with Gasteiger partial charge in [0.05, 0.1) is 10.3 Å². The average Bonchev–Trinajstić information content (AvgIpc) is 2.54. The number of aliphatic carboxylic acids is 1. The lowest BCUT2D eigenvalue weighted by Gasteiger charge is -2.51. The number of nitrogens with zero attached hydrogens (tertiary/aromatic N) is 2. The molecule has 24 heavy (non-hydrogen) atoms. The molecule has 0 aromatic heterocycles. The molecule has 0 bridgehead atoms. The molecule has 2 aliphatic rings. The zero-order valence-electron chi connectivity index (χ0n) is 13.5. The Balaban J connectivity index is 1.92. The van der Waals surface area contributed by atoms with Crippen molar-refractivity contribution in [2.24, 2.45) is 5.41 Å². The molecule has 1 aromatic rings. The summed E-state index contributed by atoms with van der Waals surface area (Å²) in [4.78, 5) is 14.0. The van der Waals surface area contributed by atoms with Crippen LogP contribution in [-0.4, -0.2) is 61.4 Å². The Bertz CT molecular complexity index is 754. The highest BCUT2D eigenvalue weighted by Crippen LogP contribution is 2.43. The van der Waals surface area contributed by atoms with Crippen molar-refractivity contribution in [3.63, 3.8) is 0 Å². The fourth-order valence-electron chi connectivity index (χ4n) is 3.95. The van der Waals surface area contributed by atoms with Crippen LogP contribution in [0.4, 0.5) is 0 Å². The number of hydrogen-bond acceptors (Lipinski definition) is 4. The van der Waals surface area contributed by atoms with E-state index in [0.29, 0.717) is 17.9 Å². The van der Waals surface area contributed by atoms with Crippen LogP contribution in [0.5, 0.6) is 0 Å². The lowest BCUT2D eigenvalue weighted by Crippen LogP contribution is -2.63. The maximum atomic E-state index is 12.9. The number of hydrogen-bond donors (Lipinski definition) is 1. The fraction of sp³-hybridized carbons (Fsp3) is 0.562. The van der Waals surface area contributed by atoms with Crippen molar-refractivity contribution in [3.05, 3.63) is 29.3 Å². The number of fused-ring (bicyclic) bond motifs is 1. The van der Waals surface area contributed by atoms with Crippen LogP contribution < -0.4 is 0 Å². The Morgan fingerprint density at radius 1 is 1.33 bits per heavy atom. The molecule has 8 heteroatoms. The van der Waals surface area contributed by atoms with E-state index in [1.165, 1.54) is 16.4 Å². The molecule has 132 valence electrons. The van der Waals surface area contributed by atoms with Crippen LogP contribution in [0, 0.1) is 5.41 Å². The first-order valence-corrected chi connectivity index (χ1v) is 9.78. The van der Waals surface area contributed by atoms with Gasteiger partial charge in [-0.05, 0) is 51.1 Å². The Labute approximate surface area is 147 Å². The van der Waals surface area contributed by atoms with Crippen LogP contribution in [-0.2, 0) is 14.8 Å². The van der Waals surface area contributed by atoms with Crippen molar-refractivity contribution < 1.29 is 18.3 Å². The summed E-state index contributed by atoms with van der Waals surface area (Å²) in [5.74, 6) is -0.821. The third-order valence-electron chi connectivity index (χ3n) is 5.35. The lowest BCUT2D eigenvalue weighted by atomic mass is 9.69. The van der Waals surface area contributed by atoms with Crippen LogP contribution in [0.15, 0.2) is 29.2 Å². The first-order valence-electron chi connectivity index (χ1n) is 7.97. The van der Waals surface area contributed by atoms with Crippen LogP contribution in [0.2, 0.25) is 5.02 Å². The van der Waals surface area contributed by atoms with Crippen molar-refractivity contribution in [3.8, 4) is 0 Å². The highest BCUT2D eigenvalue weighted by molar-refractivity contribution is 7.89. The van der Waals surface area contributed by atoms with Crippen molar-refractivity contribution in [2.45, 2.75) is 30.2 Å². The first kappa shape index (κ1) is 17.7. The molecule has 0 unspecified atom stereocenters. The number of sulfonamides is 1. The van der Waals surface area contributed by atoms with Crippen LogP contribution in [0.3, 0.4) is 0 Å². The smallest absolute Gasteiger partial charge is 0.311 e. The number of likely N-dealkylation sites (N-methyl/N-ethyl adjacent to an activating group) is 1. The van der Waals surface area contributed by atoms with Gasteiger partial charge in [0.15, 0.2) is 0 Å². The van der Waals surface area contributed by atoms with E-state index in [-0.39, 0.29) is 24.0 Å². The molecule has 6 nitrogen and oxygen atoms in total. The summed E-state index contributed by atoms with van der Waals surface area (Å²) in [7, 11) is -1.81. The zero-order valence-corrected chi connectivity index (χ0v) is 15.1. The van der Waals surface area contributed by atoms with Gasteiger partial charge in [-0.3, -0.25) is 4.79 Å². The molecule has 0 amide bonds. The number of piperidine rings is 2. The van der Waals surface area contributed by atoms with E-state index in [1.54, 1.807) is 12.1 Å². The van der Waals surface area contributed by atoms with E-state index in [4.69, 9.17) is 11.6 Å². The molecular formula is C16H21ClN2O4S. The Morgan fingerprint density at radius 2 is 2.08 bits per heavy atom. The van der Waals surface area contributed by atoms with Crippen LogP contribution in [0.25, 0.3) is 0 Å². The lowest BCUT2D eigenvalue weighted by molar-refractivity contribution is -0.160. The summed E-state index contributed by atoms with van der Waals surface area (Å²) < 4.78 is 27.2. The number of carboxylic acids is 1. The minimum Gasteiger partial charge on any atom is -0.481 e. The molecule has 1 N–H and O–H groups in total. The highest BCUT2D eigenvalue weighted by Gasteiger charge is 2.53. The molecule has 2 saturated heterocycles. The van der Waals surface area contributed by atoms with Gasteiger partial charge in [0.1, 0.15) is 0 Å². The monoisotopic (exact) mass is 372 g/mol. The van der Waals surface area contributed by atoms with Crippen molar-refractivity contribution in [1.82, 2.24) is 9.21 Å². The Hall–Kier alpha value is -1.15. The number of carboxylic acid groups (broad SMARTS) is 1. The second-order valence-corrected chi connectivity index (χ2v) is 9.01. The SMILES string of the molecule is CN1CCC[C@]2(C(=O)O)CCN(S(=O)(=O)c3cccc(Cl)c3)C[C@@H]12. The van der Waals surface area contributed by atoms with Crippen LogP contribution in [0.1, 0.15) is 19.3 Å². The summed E-state index contributed by atoms with van der Waals surface area (Å²) in [6, 6.07) is 5.87. The summed E-state index contributed by atoms with van der Waals surface area (Å²) in [5, 5.41) is 10.1. The molecule has 2 fully saturated rings. The largest absolute Gasteiger partial charge is 0.481 e. The number of carbonyl (C=O) groups is 1. The van der Waals surface area contributed by atoms with Crippen molar-refractivity contribution in [2.75, 3.05) is 26.7 Å². The molecule has 2 heterocycles. The van der Waals surface area contributed by atoms with Gasteiger partial charge in [-0.25, -0.2) is 8.42 Å². The maximum Gasteiger partial charge on any atom is 0.311 e. The quantitative estimate of drug-likeness (QED) is 0.876. The van der Waals surface area contributed by atoms with Gasteiger partial charge in [-0.15, -0.1) is 0 Å². The van der Waals surface area contributed by atoms with Gasteiger partial charge >= 0.3 is 5.97 Å². The predicted octanol–water partition coefficient (Wildman–Crippen LogP) is 1.90. The molecule has 0 spiro atoms. The summed E-state index contributed by atoms with van der Waals surface area (Å²) >= 11 is 5.92. The Morgan fingerprint density at radius 3 is 2.75 bits per heavy atom. The molecule has 2 aliphatic heterocycles. The van der Waals surface area contributed by atoms with Crippen LogP contribution >= 0.6 is 11.6 Å². The summed E-state index contributed by atoms with van der Waals surface area (Å²) in [5.41, 5.74) is -0.854. The van der Waals surface area contributed by atoms with E-state index < -0.39 is 21.4 Å². The Kier molecular flexibility index (Phi) is 4.63.